The van der Waals surface area contributed by atoms with Crippen molar-refractivity contribution in [3.05, 3.63) is 34.9 Å². The maximum Gasteiger partial charge on any atom is 0.0453 e. The van der Waals surface area contributed by atoms with Gasteiger partial charge in [-0.15, -0.1) is 0 Å². The monoisotopic (exact) mass is 265 g/mol. The highest BCUT2D eigenvalue weighted by molar-refractivity contribution is 6.31. The van der Waals surface area contributed by atoms with Gasteiger partial charge in [0.2, 0.25) is 0 Å². The first-order valence-corrected chi connectivity index (χ1v) is 7.60. The van der Waals surface area contributed by atoms with Gasteiger partial charge in [0.1, 0.15) is 0 Å². The van der Waals surface area contributed by atoms with E-state index in [4.69, 9.17) is 11.6 Å². The summed E-state index contributed by atoms with van der Waals surface area (Å²) < 4.78 is 0. The number of hydrogen-bond acceptors (Lipinski definition) is 1. The van der Waals surface area contributed by atoms with Crippen molar-refractivity contribution in [3.63, 3.8) is 0 Å². The Morgan fingerprint density at radius 3 is 2.72 bits per heavy atom. The van der Waals surface area contributed by atoms with Crippen molar-refractivity contribution in [2.24, 2.45) is 5.92 Å². The summed E-state index contributed by atoms with van der Waals surface area (Å²) in [4.78, 5) is 0. The molecule has 100 valence electrons. The molecule has 1 aliphatic carbocycles. The molecular formula is C16H24ClN. The van der Waals surface area contributed by atoms with Crippen LogP contribution in [0.1, 0.15) is 57.6 Å². The van der Waals surface area contributed by atoms with E-state index in [1.807, 2.05) is 12.1 Å². The molecular weight excluding hydrogens is 242 g/mol. The minimum Gasteiger partial charge on any atom is -0.307 e. The standard InChI is InChI=1S/C16H24ClN/c1-3-13-8-4-7-11-16(13)18-12(2)14-9-5-6-10-15(14)17/h5-6,9-10,12-13,16,18H,3-4,7-8,11H2,1-2H3. The fourth-order valence-electron chi connectivity index (χ4n) is 3.15. The van der Waals surface area contributed by atoms with E-state index in [9.17, 15) is 0 Å². The second-order valence-corrected chi connectivity index (χ2v) is 5.88. The Morgan fingerprint density at radius 1 is 1.28 bits per heavy atom. The Kier molecular flexibility index (Phi) is 5.08. The summed E-state index contributed by atoms with van der Waals surface area (Å²) in [6, 6.07) is 9.17. The molecule has 1 aliphatic rings. The molecule has 18 heavy (non-hydrogen) atoms. The Balaban J connectivity index is 2.02. The average Bonchev–Trinajstić information content (AvgIpc) is 2.39. The second kappa shape index (κ2) is 6.58. The average molecular weight is 266 g/mol. The van der Waals surface area contributed by atoms with Crippen LogP contribution in [0.15, 0.2) is 24.3 Å². The van der Waals surface area contributed by atoms with Gasteiger partial charge >= 0.3 is 0 Å². The first-order valence-electron chi connectivity index (χ1n) is 7.22. The summed E-state index contributed by atoms with van der Waals surface area (Å²) in [5.74, 6) is 0.837. The van der Waals surface area contributed by atoms with Gasteiger partial charge in [0.25, 0.3) is 0 Å². The van der Waals surface area contributed by atoms with Crippen LogP contribution in [0.5, 0.6) is 0 Å². The molecule has 2 heteroatoms. The van der Waals surface area contributed by atoms with E-state index in [-0.39, 0.29) is 0 Å². The van der Waals surface area contributed by atoms with Crippen molar-refractivity contribution in [2.45, 2.75) is 58.0 Å². The van der Waals surface area contributed by atoms with E-state index in [2.05, 4.69) is 31.3 Å². The lowest BCUT2D eigenvalue weighted by molar-refractivity contribution is 0.241. The van der Waals surface area contributed by atoms with Gasteiger partial charge in [-0.2, -0.15) is 0 Å². The summed E-state index contributed by atoms with van der Waals surface area (Å²) in [6.07, 6.45) is 6.74. The fourth-order valence-corrected chi connectivity index (χ4v) is 3.45. The predicted molar refractivity (Wildman–Crippen MR) is 79.0 cm³/mol. The molecule has 3 atom stereocenters. The van der Waals surface area contributed by atoms with Crippen molar-refractivity contribution in [1.29, 1.82) is 0 Å². The summed E-state index contributed by atoms with van der Waals surface area (Å²) in [6.45, 7) is 4.54. The third-order valence-corrected chi connectivity index (χ3v) is 4.61. The Bertz CT molecular complexity index is 377. The second-order valence-electron chi connectivity index (χ2n) is 5.47. The molecule has 1 N–H and O–H groups in total. The van der Waals surface area contributed by atoms with E-state index in [1.165, 1.54) is 37.7 Å². The van der Waals surface area contributed by atoms with Gasteiger partial charge < -0.3 is 5.32 Å². The highest BCUT2D eigenvalue weighted by Gasteiger charge is 2.25. The SMILES string of the molecule is CCC1CCCCC1NC(C)c1ccccc1Cl. The zero-order valence-corrected chi connectivity index (χ0v) is 12.2. The lowest BCUT2D eigenvalue weighted by Gasteiger charge is -2.34. The maximum atomic E-state index is 6.27. The molecule has 1 aromatic carbocycles. The zero-order valence-electron chi connectivity index (χ0n) is 11.5. The van der Waals surface area contributed by atoms with Crippen LogP contribution in [-0.4, -0.2) is 6.04 Å². The van der Waals surface area contributed by atoms with Crippen molar-refractivity contribution in [2.75, 3.05) is 0 Å². The summed E-state index contributed by atoms with van der Waals surface area (Å²) >= 11 is 6.27. The first kappa shape index (κ1) is 13.9. The van der Waals surface area contributed by atoms with Gasteiger partial charge in [0, 0.05) is 17.1 Å². The minimum atomic E-state index is 0.343. The molecule has 1 nitrogen and oxygen atoms in total. The summed E-state index contributed by atoms with van der Waals surface area (Å²) in [5, 5.41) is 4.67. The van der Waals surface area contributed by atoms with Gasteiger partial charge in [-0.25, -0.2) is 0 Å². The van der Waals surface area contributed by atoms with Crippen LogP contribution >= 0.6 is 11.6 Å². The van der Waals surface area contributed by atoms with Crippen LogP contribution in [0.2, 0.25) is 5.02 Å². The maximum absolute atomic E-state index is 6.27. The third kappa shape index (κ3) is 3.27. The molecule has 3 unspecified atom stereocenters. The molecule has 0 aromatic heterocycles. The molecule has 1 saturated carbocycles. The molecule has 0 radical (unpaired) electrons. The zero-order chi connectivity index (χ0) is 13.0. The molecule has 0 bridgehead atoms. The van der Waals surface area contributed by atoms with Crippen LogP contribution < -0.4 is 5.32 Å². The van der Waals surface area contributed by atoms with Gasteiger partial charge in [-0.05, 0) is 37.3 Å². The van der Waals surface area contributed by atoms with Crippen molar-refractivity contribution >= 4 is 11.6 Å². The Labute approximate surface area is 116 Å². The molecule has 0 heterocycles. The van der Waals surface area contributed by atoms with E-state index < -0.39 is 0 Å². The van der Waals surface area contributed by atoms with Crippen LogP contribution in [0.4, 0.5) is 0 Å². The van der Waals surface area contributed by atoms with E-state index in [0.29, 0.717) is 12.1 Å². The summed E-state index contributed by atoms with van der Waals surface area (Å²) in [5.41, 5.74) is 1.22. The molecule has 2 rings (SSSR count). The summed E-state index contributed by atoms with van der Waals surface area (Å²) in [7, 11) is 0. The van der Waals surface area contributed by atoms with Crippen molar-refractivity contribution in [3.8, 4) is 0 Å². The van der Waals surface area contributed by atoms with Crippen LogP contribution in [0.3, 0.4) is 0 Å². The molecule has 0 amide bonds. The quantitative estimate of drug-likeness (QED) is 0.811. The topological polar surface area (TPSA) is 12.0 Å². The van der Waals surface area contributed by atoms with Crippen LogP contribution in [0.25, 0.3) is 0 Å². The van der Waals surface area contributed by atoms with Gasteiger partial charge in [0.15, 0.2) is 0 Å². The molecule has 1 fully saturated rings. The van der Waals surface area contributed by atoms with Gasteiger partial charge in [-0.3, -0.25) is 0 Å². The van der Waals surface area contributed by atoms with Crippen molar-refractivity contribution in [1.82, 2.24) is 5.32 Å². The molecule has 0 aliphatic heterocycles. The Hall–Kier alpha value is -0.530. The van der Waals surface area contributed by atoms with E-state index >= 15 is 0 Å². The Morgan fingerprint density at radius 2 is 2.00 bits per heavy atom. The van der Waals surface area contributed by atoms with Crippen molar-refractivity contribution < 1.29 is 0 Å². The first-order chi connectivity index (χ1) is 8.72. The number of nitrogens with one attached hydrogen (secondary N) is 1. The normalized spacial score (nSPS) is 25.9. The highest BCUT2D eigenvalue weighted by Crippen LogP contribution is 2.30. The lowest BCUT2D eigenvalue weighted by atomic mass is 9.82. The van der Waals surface area contributed by atoms with E-state index in [0.717, 1.165) is 10.9 Å². The van der Waals surface area contributed by atoms with E-state index in [1.54, 1.807) is 0 Å². The number of benzene rings is 1. The highest BCUT2D eigenvalue weighted by atomic mass is 35.5. The van der Waals surface area contributed by atoms with Gasteiger partial charge in [0.05, 0.1) is 0 Å². The smallest absolute Gasteiger partial charge is 0.0453 e. The largest absolute Gasteiger partial charge is 0.307 e. The molecule has 0 saturated heterocycles. The minimum absolute atomic E-state index is 0.343. The number of halogens is 1. The molecule has 1 aromatic rings. The lowest BCUT2D eigenvalue weighted by Crippen LogP contribution is -2.39. The van der Waals surface area contributed by atoms with Crippen LogP contribution in [-0.2, 0) is 0 Å². The number of rotatable bonds is 4. The molecule has 0 spiro atoms. The third-order valence-electron chi connectivity index (χ3n) is 4.27. The fraction of sp³-hybridized carbons (Fsp3) is 0.625. The van der Waals surface area contributed by atoms with Gasteiger partial charge in [-0.1, -0.05) is 56.0 Å². The number of hydrogen-bond donors (Lipinski definition) is 1. The predicted octanol–water partition coefficient (Wildman–Crippen LogP) is 4.96. The van der Waals surface area contributed by atoms with Crippen LogP contribution in [0, 0.1) is 5.92 Å².